The first-order valence-electron chi connectivity index (χ1n) is 11.5. The second-order valence-corrected chi connectivity index (χ2v) is 11.3. The predicted octanol–water partition coefficient (Wildman–Crippen LogP) is 4.65. The SMILES string of the molecule is CCCCNC(=O)C(CC)N(Cc1ccc(Cl)c(Cl)c1)C(=O)CN(C)S(=O)(=O)c1ccc(C)cc1. The Balaban J connectivity index is 2.32. The van der Waals surface area contributed by atoms with Gasteiger partial charge in [-0.2, -0.15) is 4.31 Å². The smallest absolute Gasteiger partial charge is 0.243 e. The van der Waals surface area contributed by atoms with E-state index in [1.54, 1.807) is 30.3 Å². The monoisotopic (exact) mass is 541 g/mol. The number of hydrogen-bond donors (Lipinski definition) is 1. The van der Waals surface area contributed by atoms with E-state index in [9.17, 15) is 18.0 Å². The molecule has 2 rings (SSSR count). The van der Waals surface area contributed by atoms with Crippen LogP contribution >= 0.6 is 23.2 Å². The Kier molecular flexibility index (Phi) is 11.0. The van der Waals surface area contributed by atoms with Gasteiger partial charge in [0.05, 0.1) is 21.5 Å². The van der Waals surface area contributed by atoms with Gasteiger partial charge in [-0.25, -0.2) is 8.42 Å². The molecule has 0 saturated carbocycles. The summed E-state index contributed by atoms with van der Waals surface area (Å²) < 4.78 is 27.1. The van der Waals surface area contributed by atoms with E-state index in [1.807, 2.05) is 20.8 Å². The van der Waals surface area contributed by atoms with Crippen LogP contribution in [-0.4, -0.2) is 55.6 Å². The van der Waals surface area contributed by atoms with Crippen molar-refractivity contribution in [2.24, 2.45) is 0 Å². The molecule has 0 fully saturated rings. The summed E-state index contributed by atoms with van der Waals surface area (Å²) in [5.41, 5.74) is 1.60. The second kappa shape index (κ2) is 13.3. The minimum absolute atomic E-state index is 0.0772. The minimum atomic E-state index is -3.89. The number of benzene rings is 2. The molecule has 192 valence electrons. The molecule has 1 atom stereocenters. The molecule has 0 radical (unpaired) electrons. The van der Waals surface area contributed by atoms with Crippen molar-refractivity contribution in [2.75, 3.05) is 20.1 Å². The fraction of sp³-hybridized carbons (Fsp3) is 0.440. The number of likely N-dealkylation sites (N-methyl/N-ethyl adjacent to an activating group) is 1. The highest BCUT2D eigenvalue weighted by atomic mass is 35.5. The van der Waals surface area contributed by atoms with Gasteiger partial charge in [-0.15, -0.1) is 0 Å². The number of sulfonamides is 1. The highest BCUT2D eigenvalue weighted by molar-refractivity contribution is 7.89. The lowest BCUT2D eigenvalue weighted by Gasteiger charge is -2.32. The average molecular weight is 543 g/mol. The molecule has 0 heterocycles. The lowest BCUT2D eigenvalue weighted by atomic mass is 10.1. The molecule has 0 aliphatic carbocycles. The van der Waals surface area contributed by atoms with Crippen LogP contribution in [0.2, 0.25) is 10.0 Å². The summed E-state index contributed by atoms with van der Waals surface area (Å²) in [6.07, 6.45) is 2.10. The summed E-state index contributed by atoms with van der Waals surface area (Å²) in [6.45, 7) is 5.85. The van der Waals surface area contributed by atoms with Crippen LogP contribution in [0.5, 0.6) is 0 Å². The van der Waals surface area contributed by atoms with Crippen molar-refractivity contribution in [1.29, 1.82) is 0 Å². The van der Waals surface area contributed by atoms with Crippen molar-refractivity contribution >= 4 is 45.0 Å². The molecule has 1 unspecified atom stereocenters. The number of amides is 2. The normalized spacial score (nSPS) is 12.4. The largest absolute Gasteiger partial charge is 0.354 e. The number of aryl methyl sites for hydroxylation is 1. The number of rotatable bonds is 12. The number of hydrogen-bond acceptors (Lipinski definition) is 4. The Labute approximate surface area is 218 Å². The summed E-state index contributed by atoms with van der Waals surface area (Å²) >= 11 is 12.2. The molecule has 0 bridgehead atoms. The van der Waals surface area contributed by atoms with Gasteiger partial charge in [-0.3, -0.25) is 9.59 Å². The van der Waals surface area contributed by atoms with E-state index in [0.717, 1.165) is 22.7 Å². The Morgan fingerprint density at radius 2 is 1.69 bits per heavy atom. The first kappa shape index (κ1) is 29.1. The van der Waals surface area contributed by atoms with Gasteiger partial charge in [0.15, 0.2) is 0 Å². The van der Waals surface area contributed by atoms with Crippen LogP contribution in [0.25, 0.3) is 0 Å². The highest BCUT2D eigenvalue weighted by Crippen LogP contribution is 2.24. The van der Waals surface area contributed by atoms with Crippen LogP contribution in [0.15, 0.2) is 47.4 Å². The van der Waals surface area contributed by atoms with Gasteiger partial charge < -0.3 is 10.2 Å². The number of nitrogens with one attached hydrogen (secondary N) is 1. The van der Waals surface area contributed by atoms with E-state index in [0.29, 0.717) is 28.6 Å². The fourth-order valence-corrected chi connectivity index (χ4v) is 4.96. The van der Waals surface area contributed by atoms with E-state index in [-0.39, 0.29) is 17.3 Å². The van der Waals surface area contributed by atoms with Crippen LogP contribution in [-0.2, 0) is 26.2 Å². The third-order valence-corrected chi connectivity index (χ3v) is 8.20. The lowest BCUT2D eigenvalue weighted by Crippen LogP contribution is -2.51. The molecular weight excluding hydrogens is 509 g/mol. The van der Waals surface area contributed by atoms with Crippen LogP contribution in [0.4, 0.5) is 0 Å². The molecule has 2 amide bonds. The van der Waals surface area contributed by atoms with E-state index >= 15 is 0 Å². The molecule has 1 N–H and O–H groups in total. The van der Waals surface area contributed by atoms with E-state index in [1.165, 1.54) is 24.1 Å². The van der Waals surface area contributed by atoms with Gasteiger partial charge in [0.2, 0.25) is 21.8 Å². The molecule has 0 aliphatic rings. The quantitative estimate of drug-likeness (QED) is 0.396. The molecule has 0 aliphatic heterocycles. The molecule has 2 aromatic rings. The summed E-state index contributed by atoms with van der Waals surface area (Å²) in [4.78, 5) is 27.9. The van der Waals surface area contributed by atoms with E-state index in [4.69, 9.17) is 23.2 Å². The van der Waals surface area contributed by atoms with Crippen LogP contribution in [0.3, 0.4) is 0 Å². The Morgan fingerprint density at radius 1 is 1.03 bits per heavy atom. The van der Waals surface area contributed by atoms with Gasteiger partial charge >= 0.3 is 0 Å². The maximum atomic E-state index is 13.5. The Bertz CT molecular complexity index is 1120. The summed E-state index contributed by atoms with van der Waals surface area (Å²) in [5, 5.41) is 3.59. The zero-order chi connectivity index (χ0) is 26.2. The fourth-order valence-electron chi connectivity index (χ4n) is 3.52. The lowest BCUT2D eigenvalue weighted by molar-refractivity contribution is -0.141. The van der Waals surface area contributed by atoms with Crippen LogP contribution in [0, 0.1) is 6.92 Å². The van der Waals surface area contributed by atoms with Gasteiger partial charge in [-0.05, 0) is 49.6 Å². The zero-order valence-electron chi connectivity index (χ0n) is 20.6. The Hall–Kier alpha value is -2.13. The molecule has 10 heteroatoms. The van der Waals surface area contributed by atoms with Crippen LogP contribution < -0.4 is 5.32 Å². The maximum absolute atomic E-state index is 13.5. The number of halogens is 2. The third kappa shape index (κ3) is 7.93. The predicted molar refractivity (Wildman–Crippen MR) is 140 cm³/mol. The summed E-state index contributed by atoms with van der Waals surface area (Å²) in [7, 11) is -2.54. The summed E-state index contributed by atoms with van der Waals surface area (Å²) in [5.74, 6) is -0.773. The standard InChI is InChI=1S/C25H33Cl2N3O4S/c1-5-7-14-28-25(32)23(6-2)30(16-19-10-13-21(26)22(27)15-19)24(31)17-29(4)35(33,34)20-11-8-18(3)9-12-20/h8-13,15,23H,5-7,14,16-17H2,1-4H3,(H,28,32). The van der Waals surface area contributed by atoms with Crippen molar-refractivity contribution in [3.8, 4) is 0 Å². The van der Waals surface area contributed by atoms with Gasteiger partial charge in [-0.1, -0.05) is 67.2 Å². The number of carbonyl (C=O) groups excluding carboxylic acids is 2. The van der Waals surface area contributed by atoms with Crippen molar-refractivity contribution in [2.45, 2.75) is 57.5 Å². The van der Waals surface area contributed by atoms with Crippen molar-refractivity contribution in [3.05, 3.63) is 63.6 Å². The number of carbonyl (C=O) groups is 2. The van der Waals surface area contributed by atoms with E-state index < -0.39 is 28.5 Å². The van der Waals surface area contributed by atoms with E-state index in [2.05, 4.69) is 5.32 Å². The van der Waals surface area contributed by atoms with Crippen molar-refractivity contribution in [1.82, 2.24) is 14.5 Å². The van der Waals surface area contributed by atoms with Gasteiger partial charge in [0.25, 0.3) is 0 Å². The second-order valence-electron chi connectivity index (χ2n) is 8.41. The zero-order valence-corrected chi connectivity index (χ0v) is 22.9. The molecule has 35 heavy (non-hydrogen) atoms. The van der Waals surface area contributed by atoms with Crippen molar-refractivity contribution in [3.63, 3.8) is 0 Å². The molecule has 0 spiro atoms. The van der Waals surface area contributed by atoms with Gasteiger partial charge in [0, 0.05) is 20.1 Å². The summed E-state index contributed by atoms with van der Waals surface area (Å²) in [6, 6.07) is 10.6. The minimum Gasteiger partial charge on any atom is -0.354 e. The molecule has 2 aromatic carbocycles. The molecular formula is C25H33Cl2N3O4S. The third-order valence-electron chi connectivity index (χ3n) is 5.64. The highest BCUT2D eigenvalue weighted by Gasteiger charge is 2.31. The topological polar surface area (TPSA) is 86.8 Å². The number of unbranched alkanes of at least 4 members (excludes halogenated alkanes) is 1. The molecule has 0 saturated heterocycles. The molecule has 7 nitrogen and oxygen atoms in total. The first-order chi connectivity index (χ1) is 16.5. The Morgan fingerprint density at radius 3 is 2.26 bits per heavy atom. The first-order valence-corrected chi connectivity index (χ1v) is 13.7. The molecule has 0 aromatic heterocycles. The maximum Gasteiger partial charge on any atom is 0.243 e. The van der Waals surface area contributed by atoms with Crippen LogP contribution in [0.1, 0.15) is 44.2 Å². The van der Waals surface area contributed by atoms with Crippen molar-refractivity contribution < 1.29 is 18.0 Å². The number of nitrogens with zero attached hydrogens (tertiary/aromatic N) is 2. The van der Waals surface area contributed by atoms with Gasteiger partial charge in [0.1, 0.15) is 6.04 Å². The average Bonchev–Trinajstić information content (AvgIpc) is 2.81.